The van der Waals surface area contributed by atoms with Crippen molar-refractivity contribution in [3.8, 4) is 0 Å². The Morgan fingerprint density at radius 3 is 2.31 bits per heavy atom. The Hall–Kier alpha value is -1.66. The molecule has 1 rings (SSSR count). The molecule has 0 unspecified atom stereocenters. The molecule has 0 atom stereocenters. The second-order valence-corrected chi connectivity index (χ2v) is 3.45. The molecule has 0 radical (unpaired) electrons. The number of aromatic carboxylic acids is 1. The van der Waals surface area contributed by atoms with Crippen molar-refractivity contribution in [2.45, 2.75) is 25.9 Å². The molecular weight excluding hydrogens is 225 g/mol. The lowest BCUT2D eigenvalue weighted by molar-refractivity contribution is -0.141. The number of hydrogen-bond acceptors (Lipinski definition) is 3. The summed E-state index contributed by atoms with van der Waals surface area (Å²) in [6.45, 7) is 3.17. The highest BCUT2D eigenvalue weighted by atomic mass is 19.4. The monoisotopic (exact) mass is 234 g/mol. The number of aromatic nitrogens is 2. The second-order valence-electron chi connectivity index (χ2n) is 3.45. The van der Waals surface area contributed by atoms with Crippen molar-refractivity contribution in [1.29, 1.82) is 0 Å². The first kappa shape index (κ1) is 12.4. The Morgan fingerprint density at radius 1 is 1.38 bits per heavy atom. The normalized spacial score (nSPS) is 11.9. The van der Waals surface area contributed by atoms with Crippen LogP contribution in [0.25, 0.3) is 0 Å². The number of carbonyl (C=O) groups is 1. The van der Waals surface area contributed by atoms with Crippen LogP contribution in [-0.4, -0.2) is 21.0 Å². The number of carboxylic acid groups (broad SMARTS) is 1. The summed E-state index contributed by atoms with van der Waals surface area (Å²) >= 11 is 0. The van der Waals surface area contributed by atoms with E-state index < -0.39 is 23.5 Å². The predicted octanol–water partition coefficient (Wildman–Crippen LogP) is 2.32. The third kappa shape index (κ3) is 2.68. The Kier molecular flexibility index (Phi) is 3.16. The minimum Gasteiger partial charge on any atom is -0.477 e. The molecule has 1 heterocycles. The molecule has 0 fully saturated rings. The molecule has 1 N–H and O–H groups in total. The van der Waals surface area contributed by atoms with Gasteiger partial charge >= 0.3 is 12.1 Å². The minimum atomic E-state index is -4.67. The van der Waals surface area contributed by atoms with Crippen molar-refractivity contribution >= 4 is 5.97 Å². The summed E-state index contributed by atoms with van der Waals surface area (Å²) in [5.74, 6) is -2.01. The van der Waals surface area contributed by atoms with Gasteiger partial charge in [-0.2, -0.15) is 13.2 Å². The Morgan fingerprint density at radius 2 is 1.94 bits per heavy atom. The minimum absolute atomic E-state index is 0.132. The van der Waals surface area contributed by atoms with E-state index in [0.29, 0.717) is 6.07 Å². The van der Waals surface area contributed by atoms with E-state index in [1.54, 1.807) is 13.8 Å². The van der Waals surface area contributed by atoms with Crippen molar-refractivity contribution in [2.24, 2.45) is 0 Å². The van der Waals surface area contributed by atoms with Crippen LogP contribution in [0, 0.1) is 0 Å². The summed E-state index contributed by atoms with van der Waals surface area (Å²) in [6, 6.07) is 0.425. The smallest absolute Gasteiger partial charge is 0.433 e. The van der Waals surface area contributed by atoms with E-state index in [4.69, 9.17) is 5.11 Å². The zero-order chi connectivity index (χ0) is 12.5. The van der Waals surface area contributed by atoms with Crippen molar-refractivity contribution in [3.05, 3.63) is 23.3 Å². The van der Waals surface area contributed by atoms with Crippen LogP contribution in [0.15, 0.2) is 6.07 Å². The number of halogens is 3. The van der Waals surface area contributed by atoms with Crippen molar-refractivity contribution < 1.29 is 23.1 Å². The van der Waals surface area contributed by atoms with Gasteiger partial charge in [-0.1, -0.05) is 13.8 Å². The third-order valence-corrected chi connectivity index (χ3v) is 1.77. The molecule has 0 amide bonds. The number of hydrogen-bond donors (Lipinski definition) is 1. The molecule has 0 saturated heterocycles. The van der Waals surface area contributed by atoms with Gasteiger partial charge in [0.05, 0.1) is 0 Å². The summed E-state index contributed by atoms with van der Waals surface area (Å²) in [6.07, 6.45) is -4.67. The van der Waals surface area contributed by atoms with Gasteiger partial charge in [-0.3, -0.25) is 0 Å². The van der Waals surface area contributed by atoms with Crippen LogP contribution in [0.3, 0.4) is 0 Å². The molecule has 0 aliphatic carbocycles. The molecule has 0 bridgehead atoms. The van der Waals surface area contributed by atoms with Crippen LogP contribution in [0.4, 0.5) is 13.2 Å². The first-order valence-corrected chi connectivity index (χ1v) is 4.41. The number of rotatable bonds is 2. The fourth-order valence-corrected chi connectivity index (χ4v) is 0.979. The average molecular weight is 234 g/mol. The number of nitrogens with zero attached hydrogens (tertiary/aromatic N) is 2. The van der Waals surface area contributed by atoms with E-state index in [1.165, 1.54) is 0 Å². The highest BCUT2D eigenvalue weighted by Crippen LogP contribution is 2.28. The highest BCUT2D eigenvalue weighted by Gasteiger charge is 2.34. The summed E-state index contributed by atoms with van der Waals surface area (Å²) in [5.41, 5.74) is -1.88. The van der Waals surface area contributed by atoms with Crippen molar-refractivity contribution in [1.82, 2.24) is 9.97 Å². The number of alkyl halides is 3. The van der Waals surface area contributed by atoms with E-state index in [0.717, 1.165) is 0 Å². The van der Waals surface area contributed by atoms with Crippen LogP contribution >= 0.6 is 0 Å². The molecule has 1 aromatic rings. The lowest BCUT2D eigenvalue weighted by atomic mass is 10.2. The quantitative estimate of drug-likeness (QED) is 0.852. The van der Waals surface area contributed by atoms with Crippen molar-refractivity contribution in [2.75, 3.05) is 0 Å². The largest absolute Gasteiger partial charge is 0.477 e. The fourth-order valence-electron chi connectivity index (χ4n) is 0.979. The van der Waals surface area contributed by atoms with E-state index in [9.17, 15) is 18.0 Å². The number of carboxylic acids is 1. The van der Waals surface area contributed by atoms with Crippen LogP contribution < -0.4 is 0 Å². The molecule has 16 heavy (non-hydrogen) atoms. The zero-order valence-corrected chi connectivity index (χ0v) is 8.54. The summed E-state index contributed by atoms with van der Waals surface area (Å²) in [5, 5.41) is 8.62. The van der Waals surface area contributed by atoms with E-state index in [-0.39, 0.29) is 11.7 Å². The van der Waals surface area contributed by atoms with Gasteiger partial charge in [0, 0.05) is 12.0 Å². The van der Waals surface area contributed by atoms with Gasteiger partial charge < -0.3 is 5.11 Å². The van der Waals surface area contributed by atoms with Gasteiger partial charge in [0.2, 0.25) is 0 Å². The Labute approximate surface area is 89.1 Å². The molecule has 0 aliphatic heterocycles. The molecule has 0 aliphatic rings. The van der Waals surface area contributed by atoms with Crippen LogP contribution in [0.1, 0.15) is 41.8 Å². The molecular formula is C9H9F3N2O2. The van der Waals surface area contributed by atoms with Crippen LogP contribution in [-0.2, 0) is 6.18 Å². The van der Waals surface area contributed by atoms with Gasteiger partial charge in [-0.05, 0) is 0 Å². The molecule has 0 aromatic carbocycles. The van der Waals surface area contributed by atoms with Gasteiger partial charge in [0.25, 0.3) is 0 Å². The SMILES string of the molecule is CC(C)c1nc(C(=O)O)cc(C(F)(F)F)n1. The lowest BCUT2D eigenvalue weighted by Gasteiger charge is -2.10. The van der Waals surface area contributed by atoms with Gasteiger partial charge in [-0.25, -0.2) is 14.8 Å². The van der Waals surface area contributed by atoms with Gasteiger partial charge in [0.15, 0.2) is 5.69 Å². The average Bonchev–Trinajstić information content (AvgIpc) is 2.15. The Bertz CT molecular complexity index is 416. The van der Waals surface area contributed by atoms with E-state index >= 15 is 0 Å². The molecule has 1 aromatic heterocycles. The van der Waals surface area contributed by atoms with Gasteiger partial charge in [0.1, 0.15) is 11.5 Å². The fraction of sp³-hybridized carbons (Fsp3) is 0.444. The third-order valence-electron chi connectivity index (χ3n) is 1.77. The first-order valence-electron chi connectivity index (χ1n) is 4.41. The standard InChI is InChI=1S/C9H9F3N2O2/c1-4(2)7-13-5(8(15)16)3-6(14-7)9(10,11)12/h3-4H,1-2H3,(H,15,16). The second kappa shape index (κ2) is 4.07. The summed E-state index contributed by atoms with van der Waals surface area (Å²) in [4.78, 5) is 17.4. The van der Waals surface area contributed by atoms with Crippen LogP contribution in [0.5, 0.6) is 0 Å². The molecule has 88 valence electrons. The van der Waals surface area contributed by atoms with E-state index in [1.807, 2.05) is 0 Å². The van der Waals surface area contributed by atoms with Gasteiger partial charge in [-0.15, -0.1) is 0 Å². The maximum Gasteiger partial charge on any atom is 0.433 e. The molecule has 0 spiro atoms. The molecule has 4 nitrogen and oxygen atoms in total. The van der Waals surface area contributed by atoms with Crippen molar-refractivity contribution in [3.63, 3.8) is 0 Å². The molecule has 7 heteroatoms. The predicted molar refractivity (Wildman–Crippen MR) is 48.1 cm³/mol. The summed E-state index contributed by atoms with van der Waals surface area (Å²) in [7, 11) is 0. The maximum absolute atomic E-state index is 12.4. The van der Waals surface area contributed by atoms with E-state index in [2.05, 4.69) is 9.97 Å². The Balaban J connectivity index is 3.36. The first-order chi connectivity index (χ1) is 7.21. The summed E-state index contributed by atoms with van der Waals surface area (Å²) < 4.78 is 37.2. The van der Waals surface area contributed by atoms with Crippen LogP contribution in [0.2, 0.25) is 0 Å². The maximum atomic E-state index is 12.4. The zero-order valence-electron chi connectivity index (χ0n) is 8.54. The topological polar surface area (TPSA) is 63.1 Å². The molecule has 0 saturated carbocycles. The lowest BCUT2D eigenvalue weighted by Crippen LogP contribution is -2.15. The highest BCUT2D eigenvalue weighted by molar-refractivity contribution is 5.85.